The number of thiophene rings is 1. The number of hydrogen-bond acceptors (Lipinski definition) is 3. The zero-order valence-electron chi connectivity index (χ0n) is 27.4. The molecule has 0 aliphatic carbocycles. The summed E-state index contributed by atoms with van der Waals surface area (Å²) >= 11 is 1.73. The highest BCUT2D eigenvalue weighted by molar-refractivity contribution is 7.25. The second-order valence-corrected chi connectivity index (χ2v) is 14.0. The maximum atomic E-state index is 5.30. The van der Waals surface area contributed by atoms with Crippen molar-refractivity contribution in [2.75, 3.05) is 0 Å². The summed E-state index contributed by atoms with van der Waals surface area (Å²) in [6.45, 7) is 0. The Bertz CT molecular complexity index is 3130. The van der Waals surface area contributed by atoms with E-state index in [1.54, 1.807) is 11.3 Å². The highest BCUT2D eigenvalue weighted by atomic mass is 32.1. The van der Waals surface area contributed by atoms with Gasteiger partial charge in [0.25, 0.3) is 0 Å². The first kappa shape index (κ1) is 28.3. The van der Waals surface area contributed by atoms with Crippen LogP contribution in [0.4, 0.5) is 0 Å². The predicted molar refractivity (Wildman–Crippen MR) is 214 cm³/mol. The number of para-hydroxylation sites is 3. The second-order valence-electron chi connectivity index (χ2n) is 13.0. The molecular weight excluding hydrogens is 641 g/mol. The van der Waals surface area contributed by atoms with E-state index in [1.165, 1.54) is 53.7 Å². The van der Waals surface area contributed by atoms with Crippen LogP contribution in [-0.2, 0) is 0 Å². The van der Waals surface area contributed by atoms with E-state index in [9.17, 15) is 0 Å². The maximum Gasteiger partial charge on any atom is 0.161 e. The van der Waals surface area contributed by atoms with Crippen LogP contribution < -0.4 is 0 Å². The van der Waals surface area contributed by atoms with Crippen LogP contribution in [0.15, 0.2) is 170 Å². The topological polar surface area (TPSA) is 35.6 Å². The summed E-state index contributed by atoms with van der Waals surface area (Å²) in [6.07, 6.45) is 0. The van der Waals surface area contributed by atoms with Gasteiger partial charge in [-0.2, -0.15) is 0 Å². The monoisotopic (exact) mass is 668 g/mol. The minimum Gasteiger partial charge on any atom is -0.309 e. The van der Waals surface area contributed by atoms with Crippen LogP contribution in [0.5, 0.6) is 0 Å². The second kappa shape index (κ2) is 11.0. The zero-order chi connectivity index (χ0) is 33.5. The van der Waals surface area contributed by atoms with Gasteiger partial charge in [0.15, 0.2) is 5.82 Å². The van der Waals surface area contributed by atoms with E-state index in [4.69, 9.17) is 9.97 Å². The molecule has 4 nitrogen and oxygen atoms in total. The number of nitrogens with zero attached hydrogens (tertiary/aromatic N) is 4. The molecule has 0 radical (unpaired) electrons. The molecule has 0 amide bonds. The quantitative estimate of drug-likeness (QED) is 0.187. The number of aromatic nitrogens is 4. The molecule has 0 N–H and O–H groups in total. The van der Waals surface area contributed by atoms with E-state index in [-0.39, 0.29) is 0 Å². The van der Waals surface area contributed by atoms with Crippen LogP contribution in [0.25, 0.3) is 97.9 Å². The van der Waals surface area contributed by atoms with E-state index in [1.807, 2.05) is 18.2 Å². The lowest BCUT2D eigenvalue weighted by Gasteiger charge is -2.12. The molecule has 0 fully saturated rings. The molecule has 0 atom stereocenters. The molecular formula is C46H28N4S. The SMILES string of the molecule is c1ccc(-c2nc(-c3cccc(-n4c5ccccc5c5cc6c7ccccc7n(-c7ccccc7)c6cc54)c3)c3c(n2)sc2ccccc23)cc1. The molecule has 51 heavy (non-hydrogen) atoms. The van der Waals surface area contributed by atoms with Gasteiger partial charge in [-0.1, -0.05) is 115 Å². The van der Waals surface area contributed by atoms with Crippen LogP contribution in [0.1, 0.15) is 0 Å². The molecule has 0 spiro atoms. The van der Waals surface area contributed by atoms with E-state index in [0.29, 0.717) is 0 Å². The first-order valence-corrected chi connectivity index (χ1v) is 18.0. The Morgan fingerprint density at radius 3 is 1.69 bits per heavy atom. The van der Waals surface area contributed by atoms with Gasteiger partial charge in [-0.25, -0.2) is 9.97 Å². The van der Waals surface area contributed by atoms with E-state index in [0.717, 1.165) is 44.2 Å². The Labute approximate surface area is 297 Å². The highest BCUT2D eigenvalue weighted by Gasteiger charge is 2.20. The van der Waals surface area contributed by atoms with Crippen molar-refractivity contribution in [2.45, 2.75) is 0 Å². The van der Waals surface area contributed by atoms with Crippen molar-refractivity contribution in [3.8, 4) is 34.0 Å². The van der Waals surface area contributed by atoms with E-state index in [2.05, 4.69) is 161 Å². The van der Waals surface area contributed by atoms with Crippen LogP contribution in [0, 0.1) is 0 Å². The van der Waals surface area contributed by atoms with Crippen molar-refractivity contribution in [2.24, 2.45) is 0 Å². The number of rotatable bonds is 4. The summed E-state index contributed by atoms with van der Waals surface area (Å²) in [4.78, 5) is 11.4. The van der Waals surface area contributed by atoms with Crippen molar-refractivity contribution in [3.63, 3.8) is 0 Å². The standard InChI is InChI=1S/C46H28N4S/c1-3-14-29(15-4-1)45-47-44(43-35-22-9-12-25-42(35)51-46(43)48-45)30-16-13-19-32(26-30)50-39-24-11-8-21-34(39)37-27-36-33-20-7-10-23-38(33)49(40(36)28-41(37)50)31-17-5-2-6-18-31/h1-28H. The number of benzene rings is 7. The van der Waals surface area contributed by atoms with Crippen LogP contribution in [-0.4, -0.2) is 19.1 Å². The Hall–Kier alpha value is -6.56. The highest BCUT2D eigenvalue weighted by Crippen LogP contribution is 2.42. The average molecular weight is 669 g/mol. The van der Waals surface area contributed by atoms with Gasteiger partial charge in [0.05, 0.1) is 27.8 Å². The Morgan fingerprint density at radius 2 is 0.961 bits per heavy atom. The third-order valence-corrected chi connectivity index (χ3v) is 11.2. The molecule has 0 unspecified atom stereocenters. The molecule has 0 saturated carbocycles. The van der Waals surface area contributed by atoms with Crippen molar-refractivity contribution < 1.29 is 0 Å². The van der Waals surface area contributed by atoms with Gasteiger partial charge in [0.1, 0.15) is 4.83 Å². The molecule has 0 aliphatic heterocycles. The molecule has 238 valence electrons. The minimum absolute atomic E-state index is 0.739. The van der Waals surface area contributed by atoms with E-state index >= 15 is 0 Å². The summed E-state index contributed by atoms with van der Waals surface area (Å²) in [7, 11) is 0. The molecule has 4 aromatic heterocycles. The Balaban J connectivity index is 1.20. The molecule has 0 aliphatic rings. The van der Waals surface area contributed by atoms with Gasteiger partial charge >= 0.3 is 0 Å². The van der Waals surface area contributed by atoms with Gasteiger partial charge in [-0.05, 0) is 54.6 Å². The maximum absolute atomic E-state index is 5.30. The lowest BCUT2D eigenvalue weighted by molar-refractivity contribution is 1.16. The molecule has 0 saturated heterocycles. The van der Waals surface area contributed by atoms with Crippen molar-refractivity contribution in [1.82, 2.24) is 19.1 Å². The number of hydrogen-bond donors (Lipinski definition) is 0. The molecule has 11 rings (SSSR count). The largest absolute Gasteiger partial charge is 0.309 e. The van der Waals surface area contributed by atoms with Gasteiger partial charge in [-0.15, -0.1) is 11.3 Å². The molecule has 5 heteroatoms. The Kier molecular flexibility index (Phi) is 6.09. The first-order valence-electron chi connectivity index (χ1n) is 17.2. The molecule has 0 bridgehead atoms. The summed E-state index contributed by atoms with van der Waals surface area (Å²) in [5, 5.41) is 7.26. The summed E-state index contributed by atoms with van der Waals surface area (Å²) in [5.41, 5.74) is 9.99. The lowest BCUT2D eigenvalue weighted by atomic mass is 10.0. The van der Waals surface area contributed by atoms with Gasteiger partial charge in [-0.3, -0.25) is 0 Å². The molecule has 4 heterocycles. The van der Waals surface area contributed by atoms with Crippen LogP contribution >= 0.6 is 11.3 Å². The third-order valence-electron chi connectivity index (χ3n) is 10.1. The van der Waals surface area contributed by atoms with Crippen molar-refractivity contribution in [1.29, 1.82) is 0 Å². The Morgan fingerprint density at radius 1 is 0.392 bits per heavy atom. The van der Waals surface area contributed by atoms with Crippen LogP contribution in [0.2, 0.25) is 0 Å². The van der Waals surface area contributed by atoms with Gasteiger partial charge in [0, 0.05) is 59.5 Å². The van der Waals surface area contributed by atoms with Gasteiger partial charge in [0.2, 0.25) is 0 Å². The molecule has 11 aromatic rings. The van der Waals surface area contributed by atoms with E-state index < -0.39 is 0 Å². The summed E-state index contributed by atoms with van der Waals surface area (Å²) in [6, 6.07) is 60.7. The molecule has 7 aromatic carbocycles. The van der Waals surface area contributed by atoms with Crippen molar-refractivity contribution in [3.05, 3.63) is 170 Å². The smallest absolute Gasteiger partial charge is 0.161 e. The normalized spacial score (nSPS) is 11.9. The minimum atomic E-state index is 0.739. The summed E-state index contributed by atoms with van der Waals surface area (Å²) in [5.74, 6) is 0.739. The predicted octanol–water partition coefficient (Wildman–Crippen LogP) is 12.4. The lowest BCUT2D eigenvalue weighted by Crippen LogP contribution is -1.97. The van der Waals surface area contributed by atoms with Gasteiger partial charge < -0.3 is 9.13 Å². The fraction of sp³-hybridized carbons (Fsp3) is 0. The average Bonchev–Trinajstić information content (AvgIpc) is 3.84. The summed E-state index contributed by atoms with van der Waals surface area (Å²) < 4.78 is 6.03. The third kappa shape index (κ3) is 4.25. The fourth-order valence-electron chi connectivity index (χ4n) is 7.91. The zero-order valence-corrected chi connectivity index (χ0v) is 28.2. The van der Waals surface area contributed by atoms with Crippen LogP contribution in [0.3, 0.4) is 0 Å². The first-order chi connectivity index (χ1) is 25.3. The fourth-order valence-corrected chi connectivity index (χ4v) is 8.98. The number of fused-ring (bicyclic) bond motifs is 9. The van der Waals surface area contributed by atoms with Crippen molar-refractivity contribution >= 4 is 75.3 Å².